The lowest BCUT2D eigenvalue weighted by Gasteiger charge is -2.12. The van der Waals surface area contributed by atoms with Crippen molar-refractivity contribution in [1.29, 1.82) is 5.41 Å². The first kappa shape index (κ1) is 25.6. The van der Waals surface area contributed by atoms with Crippen LogP contribution in [0.5, 0.6) is 11.5 Å². The number of rotatable bonds is 9. The van der Waals surface area contributed by atoms with E-state index >= 15 is 0 Å². The van der Waals surface area contributed by atoms with Crippen LogP contribution in [0.25, 0.3) is 0 Å². The number of carbonyl (C=O) groups is 4. The largest absolute Gasteiger partial charge is 0.491 e. The number of hydrogen-bond donors (Lipinski definition) is 4. The molecule has 180 valence electrons. The molecule has 34 heavy (non-hydrogen) atoms. The fourth-order valence-corrected chi connectivity index (χ4v) is 2.30. The van der Waals surface area contributed by atoms with Gasteiger partial charge in [0.05, 0.1) is 0 Å². The molecule has 0 aromatic heterocycles. The molecule has 0 heterocycles. The summed E-state index contributed by atoms with van der Waals surface area (Å²) in [4.78, 5) is 45.4. The van der Waals surface area contributed by atoms with Gasteiger partial charge >= 0.3 is 24.1 Å². The highest BCUT2D eigenvalue weighted by Crippen LogP contribution is 2.24. The van der Waals surface area contributed by atoms with Crippen molar-refractivity contribution in [3.63, 3.8) is 0 Å². The number of anilines is 1. The second-order valence-corrected chi connectivity index (χ2v) is 6.34. The van der Waals surface area contributed by atoms with E-state index in [0.717, 1.165) is 12.1 Å². The standard InChI is InChI=1S/C20H16F3N3O8/c21-20(22,23)19(31)34-16(28)9-33-14-6-3-11(7-13(14)18(29)30)26-15(27)8-32-12-4-1-10(2-5-12)17(24)25/h1-7H,8-9H2,(H3,24,25)(H,26,27)(H,29,30). The zero-order valence-corrected chi connectivity index (χ0v) is 17.0. The lowest BCUT2D eigenvalue weighted by molar-refractivity contribution is -0.202. The SMILES string of the molecule is N=C(N)c1ccc(OCC(=O)Nc2ccc(OCC(=O)OC(=O)C(F)(F)F)c(C(=O)O)c2)cc1. The molecule has 0 radical (unpaired) electrons. The van der Waals surface area contributed by atoms with E-state index in [9.17, 15) is 37.5 Å². The zero-order chi connectivity index (χ0) is 25.5. The van der Waals surface area contributed by atoms with Crippen molar-refractivity contribution in [2.24, 2.45) is 5.73 Å². The zero-order valence-electron chi connectivity index (χ0n) is 17.0. The number of hydrogen-bond acceptors (Lipinski definition) is 8. The Morgan fingerprint density at radius 3 is 2.21 bits per heavy atom. The molecular weight excluding hydrogens is 467 g/mol. The Morgan fingerprint density at radius 2 is 1.65 bits per heavy atom. The number of benzene rings is 2. The van der Waals surface area contributed by atoms with Gasteiger partial charge in [0.2, 0.25) is 0 Å². The highest BCUT2D eigenvalue weighted by molar-refractivity contribution is 5.97. The maximum atomic E-state index is 12.1. The molecule has 2 aromatic carbocycles. The lowest BCUT2D eigenvalue weighted by atomic mass is 10.1. The Kier molecular flexibility index (Phi) is 8.15. The first-order valence-electron chi connectivity index (χ1n) is 9.06. The third-order valence-corrected chi connectivity index (χ3v) is 3.81. The third kappa shape index (κ3) is 7.51. The van der Waals surface area contributed by atoms with Crippen molar-refractivity contribution < 1.29 is 51.7 Å². The van der Waals surface area contributed by atoms with Crippen molar-refractivity contribution in [3.8, 4) is 11.5 Å². The van der Waals surface area contributed by atoms with Crippen molar-refractivity contribution >= 4 is 35.3 Å². The van der Waals surface area contributed by atoms with E-state index in [4.69, 9.17) is 20.6 Å². The molecule has 2 rings (SSSR count). The molecule has 0 atom stereocenters. The van der Waals surface area contributed by atoms with Crippen molar-refractivity contribution in [2.75, 3.05) is 18.5 Å². The molecule has 0 aliphatic rings. The smallest absolute Gasteiger partial charge is 0.484 e. The maximum Gasteiger partial charge on any atom is 0.491 e. The van der Waals surface area contributed by atoms with Crippen LogP contribution in [0, 0.1) is 5.41 Å². The van der Waals surface area contributed by atoms with E-state index < -0.39 is 54.5 Å². The molecule has 0 saturated heterocycles. The number of amides is 1. The van der Waals surface area contributed by atoms with Crippen molar-refractivity contribution in [3.05, 3.63) is 53.6 Å². The number of esters is 2. The number of aromatic carboxylic acids is 1. The van der Waals surface area contributed by atoms with Gasteiger partial charge in [-0.25, -0.2) is 14.4 Å². The van der Waals surface area contributed by atoms with Crippen molar-refractivity contribution in [2.45, 2.75) is 6.18 Å². The molecule has 5 N–H and O–H groups in total. The summed E-state index contributed by atoms with van der Waals surface area (Å²) in [6.07, 6.45) is -5.39. The summed E-state index contributed by atoms with van der Waals surface area (Å²) in [7, 11) is 0. The lowest BCUT2D eigenvalue weighted by Crippen LogP contribution is -2.30. The quantitative estimate of drug-likeness (QED) is 0.179. The second kappa shape index (κ2) is 10.8. The van der Waals surface area contributed by atoms with Crippen molar-refractivity contribution in [1.82, 2.24) is 0 Å². The third-order valence-electron chi connectivity index (χ3n) is 3.81. The predicted octanol–water partition coefficient (Wildman–Crippen LogP) is 1.70. The van der Waals surface area contributed by atoms with Gasteiger partial charge in [-0.2, -0.15) is 13.2 Å². The van der Waals surface area contributed by atoms with Crippen LogP contribution in [0.1, 0.15) is 15.9 Å². The Bertz CT molecular complexity index is 1120. The summed E-state index contributed by atoms with van der Waals surface area (Å²) in [5.74, 6) is -6.88. The molecule has 0 aliphatic carbocycles. The average molecular weight is 483 g/mol. The number of halogens is 3. The molecule has 1 amide bonds. The molecule has 0 saturated carbocycles. The number of carboxylic acid groups (broad SMARTS) is 1. The van der Waals surface area contributed by atoms with Crippen LogP contribution in [0.15, 0.2) is 42.5 Å². The van der Waals surface area contributed by atoms with Gasteiger partial charge in [-0.05, 0) is 42.5 Å². The number of nitrogens with one attached hydrogen (secondary N) is 2. The number of nitrogen functional groups attached to an aromatic ring is 1. The topological polar surface area (TPSA) is 178 Å². The highest BCUT2D eigenvalue weighted by Gasteiger charge is 2.42. The van der Waals surface area contributed by atoms with Gasteiger partial charge in [0.25, 0.3) is 5.91 Å². The van der Waals surface area contributed by atoms with Crippen LogP contribution < -0.4 is 20.5 Å². The van der Waals surface area contributed by atoms with Gasteiger partial charge < -0.3 is 30.4 Å². The van der Waals surface area contributed by atoms with E-state index in [1.807, 2.05) is 0 Å². The Labute approximate surface area is 188 Å². The second-order valence-electron chi connectivity index (χ2n) is 6.34. The molecular formula is C20H16F3N3O8. The van der Waals surface area contributed by atoms with Crippen LogP contribution in [0.3, 0.4) is 0 Å². The van der Waals surface area contributed by atoms with Crippen LogP contribution in [-0.4, -0.2) is 54.1 Å². The fraction of sp³-hybridized carbons (Fsp3) is 0.150. The molecule has 14 heteroatoms. The summed E-state index contributed by atoms with van der Waals surface area (Å²) in [5.41, 5.74) is 5.27. The summed E-state index contributed by atoms with van der Waals surface area (Å²) in [5, 5.41) is 19.0. The van der Waals surface area contributed by atoms with Crippen LogP contribution >= 0.6 is 0 Å². The minimum atomic E-state index is -5.39. The van der Waals surface area contributed by atoms with Gasteiger partial charge in [-0.1, -0.05) is 0 Å². The van der Waals surface area contributed by atoms with Gasteiger partial charge in [0.1, 0.15) is 22.9 Å². The normalized spacial score (nSPS) is 10.7. The number of ether oxygens (including phenoxy) is 3. The van der Waals surface area contributed by atoms with E-state index in [-0.39, 0.29) is 11.5 Å². The summed E-state index contributed by atoms with van der Waals surface area (Å²) >= 11 is 0. The predicted molar refractivity (Wildman–Crippen MR) is 108 cm³/mol. The van der Waals surface area contributed by atoms with Crippen LogP contribution in [-0.2, 0) is 19.1 Å². The van der Waals surface area contributed by atoms with E-state index in [1.165, 1.54) is 30.3 Å². The Hall–Kier alpha value is -4.62. The Morgan fingerprint density at radius 1 is 1.00 bits per heavy atom. The van der Waals surface area contributed by atoms with Crippen LogP contribution in [0.4, 0.5) is 18.9 Å². The molecule has 0 spiro atoms. The first-order chi connectivity index (χ1) is 15.9. The van der Waals surface area contributed by atoms with E-state index in [2.05, 4.69) is 10.1 Å². The molecule has 0 fully saturated rings. The summed E-state index contributed by atoms with van der Waals surface area (Å²) in [6.45, 7) is -1.62. The molecule has 0 unspecified atom stereocenters. The van der Waals surface area contributed by atoms with Gasteiger partial charge in [0.15, 0.2) is 13.2 Å². The van der Waals surface area contributed by atoms with E-state index in [0.29, 0.717) is 11.3 Å². The molecule has 0 aliphatic heterocycles. The number of carboxylic acids is 1. The molecule has 2 aromatic rings. The molecule has 0 bridgehead atoms. The van der Waals surface area contributed by atoms with Gasteiger partial charge in [0, 0.05) is 11.3 Å². The number of amidine groups is 1. The van der Waals surface area contributed by atoms with Crippen LogP contribution in [0.2, 0.25) is 0 Å². The first-order valence-corrected chi connectivity index (χ1v) is 9.06. The highest BCUT2D eigenvalue weighted by atomic mass is 19.4. The summed E-state index contributed by atoms with van der Waals surface area (Å²) < 4.78 is 49.9. The fourth-order valence-electron chi connectivity index (χ4n) is 2.30. The molecule has 11 nitrogen and oxygen atoms in total. The Balaban J connectivity index is 1.96. The maximum absolute atomic E-state index is 12.1. The van der Waals surface area contributed by atoms with E-state index in [1.54, 1.807) is 0 Å². The number of nitrogens with two attached hydrogens (primary N) is 1. The monoisotopic (exact) mass is 483 g/mol. The number of carbonyl (C=O) groups excluding carboxylic acids is 3. The minimum absolute atomic E-state index is 0.0140. The minimum Gasteiger partial charge on any atom is -0.484 e. The average Bonchev–Trinajstić information content (AvgIpc) is 2.76. The summed E-state index contributed by atoms with van der Waals surface area (Å²) in [6, 6.07) is 9.23. The van der Waals surface area contributed by atoms with Gasteiger partial charge in [-0.15, -0.1) is 0 Å². The van der Waals surface area contributed by atoms with Gasteiger partial charge in [-0.3, -0.25) is 10.2 Å². The number of alkyl halides is 3.